The SMILES string of the molecule is C#CCNC[C@H]1CCC(=O)N1CCSc1nccs1. The molecule has 0 aliphatic carbocycles. The second-order valence-corrected chi connectivity index (χ2v) is 6.50. The lowest BCUT2D eigenvalue weighted by atomic mass is 10.2. The summed E-state index contributed by atoms with van der Waals surface area (Å²) in [7, 11) is 0. The van der Waals surface area contributed by atoms with Crippen molar-refractivity contribution in [3.8, 4) is 12.3 Å². The van der Waals surface area contributed by atoms with E-state index in [0.717, 1.165) is 29.6 Å². The molecule has 1 aromatic rings. The van der Waals surface area contributed by atoms with Gasteiger partial charge in [0.25, 0.3) is 0 Å². The van der Waals surface area contributed by atoms with Crippen molar-refractivity contribution in [2.45, 2.75) is 23.2 Å². The molecule has 1 aliphatic rings. The zero-order valence-electron chi connectivity index (χ0n) is 10.7. The molecule has 1 aliphatic heterocycles. The van der Waals surface area contributed by atoms with Gasteiger partial charge in [0.05, 0.1) is 6.54 Å². The van der Waals surface area contributed by atoms with Crippen LogP contribution in [0, 0.1) is 12.3 Å². The average Bonchev–Trinajstić information content (AvgIpc) is 3.03. The van der Waals surface area contributed by atoms with Crippen molar-refractivity contribution >= 4 is 29.0 Å². The van der Waals surface area contributed by atoms with Crippen LogP contribution in [-0.4, -0.2) is 47.2 Å². The summed E-state index contributed by atoms with van der Waals surface area (Å²) in [5.41, 5.74) is 0. The standard InChI is InChI=1S/C13H17N3OS2/c1-2-5-14-10-11-3-4-12(17)16(11)7-9-19-13-15-6-8-18-13/h1,6,8,11,14H,3-5,7,9-10H2/t11-/m1/s1. The van der Waals surface area contributed by atoms with Crippen molar-refractivity contribution in [2.24, 2.45) is 0 Å². The molecule has 1 aromatic heterocycles. The van der Waals surface area contributed by atoms with Crippen LogP contribution in [0.1, 0.15) is 12.8 Å². The van der Waals surface area contributed by atoms with Gasteiger partial charge in [0.1, 0.15) is 4.34 Å². The summed E-state index contributed by atoms with van der Waals surface area (Å²) < 4.78 is 1.06. The molecule has 2 rings (SSSR count). The number of carbonyl (C=O) groups is 1. The molecule has 6 heteroatoms. The lowest BCUT2D eigenvalue weighted by Gasteiger charge is -2.24. The van der Waals surface area contributed by atoms with Gasteiger partial charge >= 0.3 is 0 Å². The van der Waals surface area contributed by atoms with E-state index in [1.807, 2.05) is 10.3 Å². The monoisotopic (exact) mass is 295 g/mol. The minimum atomic E-state index is 0.257. The first-order valence-corrected chi connectivity index (χ1v) is 8.13. The Labute approximate surface area is 122 Å². The Morgan fingerprint density at radius 1 is 1.68 bits per heavy atom. The molecule has 1 N–H and O–H groups in total. The highest BCUT2D eigenvalue weighted by molar-refractivity contribution is 8.01. The number of likely N-dealkylation sites (tertiary alicyclic amines) is 1. The highest BCUT2D eigenvalue weighted by Gasteiger charge is 2.29. The van der Waals surface area contributed by atoms with E-state index in [9.17, 15) is 4.79 Å². The normalized spacial score (nSPS) is 18.8. The van der Waals surface area contributed by atoms with Crippen molar-refractivity contribution in [3.05, 3.63) is 11.6 Å². The maximum Gasteiger partial charge on any atom is 0.222 e. The van der Waals surface area contributed by atoms with E-state index in [2.05, 4.69) is 16.2 Å². The van der Waals surface area contributed by atoms with Crippen LogP contribution >= 0.6 is 23.1 Å². The number of aromatic nitrogens is 1. The molecule has 4 nitrogen and oxygen atoms in total. The number of carbonyl (C=O) groups excluding carboxylic acids is 1. The van der Waals surface area contributed by atoms with E-state index in [4.69, 9.17) is 6.42 Å². The molecule has 0 saturated carbocycles. The van der Waals surface area contributed by atoms with E-state index >= 15 is 0 Å². The van der Waals surface area contributed by atoms with E-state index in [0.29, 0.717) is 13.0 Å². The molecule has 1 atom stereocenters. The van der Waals surface area contributed by atoms with E-state index < -0.39 is 0 Å². The fourth-order valence-electron chi connectivity index (χ4n) is 2.14. The summed E-state index contributed by atoms with van der Waals surface area (Å²) in [5, 5.41) is 5.15. The van der Waals surface area contributed by atoms with Gasteiger partial charge in [-0.15, -0.1) is 17.8 Å². The van der Waals surface area contributed by atoms with Gasteiger partial charge in [-0.3, -0.25) is 4.79 Å². The molecule has 2 heterocycles. The summed E-state index contributed by atoms with van der Waals surface area (Å²) in [6.07, 6.45) is 8.60. The number of nitrogens with zero attached hydrogens (tertiary/aromatic N) is 2. The third-order valence-corrected chi connectivity index (χ3v) is 4.97. The van der Waals surface area contributed by atoms with Gasteiger partial charge in [-0.25, -0.2) is 4.98 Å². The van der Waals surface area contributed by atoms with Crippen LogP contribution in [-0.2, 0) is 4.79 Å². The molecular weight excluding hydrogens is 278 g/mol. The number of nitrogens with one attached hydrogen (secondary N) is 1. The van der Waals surface area contributed by atoms with Gasteiger partial charge in [0.15, 0.2) is 0 Å². The largest absolute Gasteiger partial charge is 0.338 e. The fraction of sp³-hybridized carbons (Fsp3) is 0.538. The lowest BCUT2D eigenvalue weighted by Crippen LogP contribution is -2.41. The minimum Gasteiger partial charge on any atom is -0.338 e. The molecular formula is C13H17N3OS2. The molecule has 0 spiro atoms. The molecule has 1 fully saturated rings. The molecule has 0 aromatic carbocycles. The van der Waals surface area contributed by atoms with Gasteiger partial charge in [-0.05, 0) is 6.42 Å². The fourth-order valence-corrected chi connectivity index (χ4v) is 3.78. The smallest absolute Gasteiger partial charge is 0.222 e. The van der Waals surface area contributed by atoms with Crippen LogP contribution in [0.15, 0.2) is 15.9 Å². The average molecular weight is 295 g/mol. The molecule has 0 bridgehead atoms. The molecule has 19 heavy (non-hydrogen) atoms. The van der Waals surface area contributed by atoms with Gasteiger partial charge in [-0.1, -0.05) is 17.7 Å². The maximum absolute atomic E-state index is 11.8. The van der Waals surface area contributed by atoms with Crippen molar-refractivity contribution in [3.63, 3.8) is 0 Å². The van der Waals surface area contributed by atoms with Crippen LogP contribution in [0.5, 0.6) is 0 Å². The highest BCUT2D eigenvalue weighted by atomic mass is 32.2. The van der Waals surface area contributed by atoms with Crippen molar-refractivity contribution in [1.82, 2.24) is 15.2 Å². The Morgan fingerprint density at radius 2 is 2.58 bits per heavy atom. The molecule has 0 unspecified atom stereocenters. The molecule has 102 valence electrons. The Bertz CT molecular complexity index is 441. The maximum atomic E-state index is 11.8. The summed E-state index contributed by atoms with van der Waals surface area (Å²) in [6.45, 7) is 2.13. The van der Waals surface area contributed by atoms with Crippen molar-refractivity contribution in [2.75, 3.05) is 25.4 Å². The highest BCUT2D eigenvalue weighted by Crippen LogP contribution is 2.23. The first kappa shape index (κ1) is 14.4. The van der Waals surface area contributed by atoms with Crippen LogP contribution in [0.25, 0.3) is 0 Å². The first-order valence-electron chi connectivity index (χ1n) is 6.27. The predicted molar refractivity (Wildman–Crippen MR) is 79.3 cm³/mol. The molecule has 1 saturated heterocycles. The molecule has 0 radical (unpaired) electrons. The van der Waals surface area contributed by atoms with Gasteiger partial charge in [-0.2, -0.15) is 0 Å². The van der Waals surface area contributed by atoms with Crippen LogP contribution in [0.4, 0.5) is 0 Å². The number of amides is 1. The van der Waals surface area contributed by atoms with Gasteiger partial charge < -0.3 is 10.2 Å². The Balaban J connectivity index is 1.75. The second-order valence-electron chi connectivity index (χ2n) is 4.26. The van der Waals surface area contributed by atoms with E-state index in [1.54, 1.807) is 29.3 Å². The Hall–Kier alpha value is -1.03. The Morgan fingerprint density at radius 3 is 3.32 bits per heavy atom. The predicted octanol–water partition coefficient (Wildman–Crippen LogP) is 1.45. The minimum absolute atomic E-state index is 0.257. The summed E-state index contributed by atoms with van der Waals surface area (Å²) >= 11 is 3.34. The number of hydrogen-bond acceptors (Lipinski definition) is 5. The van der Waals surface area contributed by atoms with Gasteiger partial charge in [0.2, 0.25) is 5.91 Å². The number of terminal acetylenes is 1. The summed E-state index contributed by atoms with van der Waals surface area (Å²) in [5.74, 6) is 3.70. The zero-order chi connectivity index (χ0) is 13.5. The van der Waals surface area contributed by atoms with E-state index in [1.165, 1.54) is 0 Å². The van der Waals surface area contributed by atoms with Crippen molar-refractivity contribution < 1.29 is 4.79 Å². The summed E-state index contributed by atoms with van der Waals surface area (Å²) in [4.78, 5) is 18.0. The topological polar surface area (TPSA) is 45.2 Å². The Kier molecular flexibility index (Phi) is 5.70. The number of rotatable bonds is 7. The number of hydrogen-bond donors (Lipinski definition) is 1. The third kappa shape index (κ3) is 4.23. The van der Waals surface area contributed by atoms with Crippen molar-refractivity contribution in [1.29, 1.82) is 0 Å². The van der Waals surface area contributed by atoms with Crippen LogP contribution in [0.2, 0.25) is 0 Å². The van der Waals surface area contributed by atoms with Crippen LogP contribution in [0.3, 0.4) is 0 Å². The number of thiazole rings is 1. The van der Waals surface area contributed by atoms with Crippen LogP contribution < -0.4 is 5.32 Å². The quantitative estimate of drug-likeness (QED) is 0.470. The van der Waals surface area contributed by atoms with Gasteiger partial charge in [0, 0.05) is 42.9 Å². The number of thioether (sulfide) groups is 1. The first-order chi connectivity index (χ1) is 9.31. The lowest BCUT2D eigenvalue weighted by molar-refractivity contribution is -0.128. The molecule has 1 amide bonds. The van der Waals surface area contributed by atoms with E-state index in [-0.39, 0.29) is 11.9 Å². The third-order valence-electron chi connectivity index (χ3n) is 3.03. The zero-order valence-corrected chi connectivity index (χ0v) is 12.3. The summed E-state index contributed by atoms with van der Waals surface area (Å²) in [6, 6.07) is 0.290. The second kappa shape index (κ2) is 7.53.